The maximum Gasteiger partial charge on any atom is 0.314 e. The second-order valence-electron chi connectivity index (χ2n) is 9.14. The summed E-state index contributed by atoms with van der Waals surface area (Å²) in [7, 11) is 0. The van der Waals surface area contributed by atoms with Crippen molar-refractivity contribution in [1.82, 2.24) is 25.4 Å². The monoisotopic (exact) mass is 462 g/mol. The highest BCUT2D eigenvalue weighted by atomic mass is 16.2. The number of hydrogen-bond donors (Lipinski definition) is 5. The van der Waals surface area contributed by atoms with Gasteiger partial charge in [-0.25, -0.2) is 4.98 Å². The third-order valence-corrected chi connectivity index (χ3v) is 6.07. The van der Waals surface area contributed by atoms with Crippen LogP contribution in [0.25, 0.3) is 10.9 Å². The lowest BCUT2D eigenvalue weighted by atomic mass is 9.86. The number of likely N-dealkylation sites (tertiary alicyclic amines) is 1. The van der Waals surface area contributed by atoms with Crippen molar-refractivity contribution in [3.8, 4) is 0 Å². The van der Waals surface area contributed by atoms with Gasteiger partial charge in [0, 0.05) is 24.4 Å². The Labute approximate surface area is 197 Å². The first kappa shape index (κ1) is 23.2. The minimum Gasteiger partial charge on any atom is -0.388 e. The molecule has 2 aromatic heterocycles. The standard InChI is InChI=1S/C24H30N8O2/c1-13(2)27-9-16-6-5-15(8-18(16)25)20-7-4-14(3)12-32(20)24(34)23(33)30-19-11-28-22(26)17-10-29-31-21(17)19/h5-6,8-11,13-14,20,25,27H,4,7,12H2,1-3H3,(H2,26,28)(H,29,31)(H,30,33)/b16-9-,25-18?/t14-,20+/m1/s1. The average molecular weight is 463 g/mol. The topological polar surface area (TPSA) is 153 Å². The third-order valence-electron chi connectivity index (χ3n) is 6.07. The van der Waals surface area contributed by atoms with Crippen LogP contribution < -0.4 is 16.4 Å². The maximum absolute atomic E-state index is 13.3. The van der Waals surface area contributed by atoms with Gasteiger partial charge in [0.15, 0.2) is 0 Å². The van der Waals surface area contributed by atoms with Crippen molar-refractivity contribution in [3.63, 3.8) is 0 Å². The van der Waals surface area contributed by atoms with E-state index in [1.165, 1.54) is 12.4 Å². The molecule has 6 N–H and O–H groups in total. The fourth-order valence-electron chi connectivity index (χ4n) is 4.24. The number of nitrogens with one attached hydrogen (secondary N) is 4. The van der Waals surface area contributed by atoms with Crippen LogP contribution in [0.2, 0.25) is 0 Å². The van der Waals surface area contributed by atoms with Gasteiger partial charge in [0.1, 0.15) is 5.82 Å². The Balaban J connectivity index is 1.54. The van der Waals surface area contributed by atoms with Crippen molar-refractivity contribution in [2.75, 3.05) is 17.6 Å². The van der Waals surface area contributed by atoms with Gasteiger partial charge in [-0.1, -0.05) is 19.1 Å². The molecule has 0 unspecified atom stereocenters. The molecular formula is C24H30N8O2. The van der Waals surface area contributed by atoms with E-state index in [1.54, 1.807) is 11.0 Å². The summed E-state index contributed by atoms with van der Waals surface area (Å²) in [6.45, 7) is 6.60. The summed E-state index contributed by atoms with van der Waals surface area (Å²) in [5.41, 5.74) is 8.70. The van der Waals surface area contributed by atoms with Crippen LogP contribution in [0, 0.1) is 11.3 Å². The molecule has 4 rings (SSSR count). The predicted octanol–water partition coefficient (Wildman–Crippen LogP) is 2.50. The van der Waals surface area contributed by atoms with Gasteiger partial charge in [-0.05, 0) is 44.3 Å². The number of rotatable bonds is 4. The first-order valence-electron chi connectivity index (χ1n) is 11.4. The molecule has 34 heavy (non-hydrogen) atoms. The zero-order valence-electron chi connectivity index (χ0n) is 19.6. The van der Waals surface area contributed by atoms with E-state index in [-0.39, 0.29) is 23.8 Å². The lowest BCUT2D eigenvalue weighted by Gasteiger charge is -2.39. The van der Waals surface area contributed by atoms with Gasteiger partial charge in [0.05, 0.1) is 40.7 Å². The first-order chi connectivity index (χ1) is 16.2. The number of anilines is 2. The molecule has 1 fully saturated rings. The Kier molecular flexibility index (Phi) is 6.49. The molecule has 2 aromatic rings. The van der Waals surface area contributed by atoms with Gasteiger partial charge in [0.2, 0.25) is 0 Å². The summed E-state index contributed by atoms with van der Waals surface area (Å²) >= 11 is 0. The molecule has 2 atom stereocenters. The molecule has 0 saturated carbocycles. The van der Waals surface area contributed by atoms with Crippen molar-refractivity contribution in [1.29, 1.82) is 5.41 Å². The number of piperidine rings is 1. The fraction of sp³-hybridized carbons (Fsp3) is 0.375. The van der Waals surface area contributed by atoms with Gasteiger partial charge in [-0.15, -0.1) is 0 Å². The number of aromatic amines is 1. The van der Waals surface area contributed by atoms with E-state index in [2.05, 4.69) is 32.7 Å². The first-order valence-corrected chi connectivity index (χ1v) is 11.4. The van der Waals surface area contributed by atoms with E-state index >= 15 is 0 Å². The molecule has 178 valence electrons. The average Bonchev–Trinajstić information content (AvgIpc) is 3.30. The van der Waals surface area contributed by atoms with Gasteiger partial charge >= 0.3 is 11.8 Å². The Morgan fingerprint density at radius 1 is 1.29 bits per heavy atom. The lowest BCUT2D eigenvalue weighted by molar-refractivity contribution is -0.145. The fourth-order valence-corrected chi connectivity index (χ4v) is 4.24. The van der Waals surface area contributed by atoms with Crippen LogP contribution >= 0.6 is 0 Å². The number of pyridine rings is 1. The second kappa shape index (κ2) is 9.50. The minimum atomic E-state index is -0.751. The molecular weight excluding hydrogens is 432 g/mol. The van der Waals surface area contributed by atoms with Crippen molar-refractivity contribution >= 4 is 39.9 Å². The number of amides is 2. The van der Waals surface area contributed by atoms with E-state index in [1.807, 2.05) is 32.2 Å². The Hall–Kier alpha value is -3.95. The number of allylic oxidation sites excluding steroid dienone is 3. The van der Waals surface area contributed by atoms with Crippen molar-refractivity contribution in [2.24, 2.45) is 5.92 Å². The summed E-state index contributed by atoms with van der Waals surface area (Å²) in [6.07, 6.45) is 12.0. The lowest BCUT2D eigenvalue weighted by Crippen LogP contribution is -2.51. The molecule has 2 aliphatic rings. The van der Waals surface area contributed by atoms with Crippen molar-refractivity contribution < 1.29 is 9.59 Å². The molecule has 0 radical (unpaired) electrons. The van der Waals surface area contributed by atoms with E-state index in [4.69, 9.17) is 11.1 Å². The molecule has 0 bridgehead atoms. The number of nitrogen functional groups attached to an aromatic ring is 1. The van der Waals surface area contributed by atoms with Crippen molar-refractivity contribution in [3.05, 3.63) is 48.0 Å². The third kappa shape index (κ3) is 4.70. The number of aromatic nitrogens is 3. The number of nitrogens with two attached hydrogens (primary N) is 1. The summed E-state index contributed by atoms with van der Waals surface area (Å²) in [5.74, 6) is -0.819. The number of carbonyl (C=O) groups is 2. The maximum atomic E-state index is 13.3. The van der Waals surface area contributed by atoms with Crippen molar-refractivity contribution in [2.45, 2.75) is 45.7 Å². The summed E-state index contributed by atoms with van der Waals surface area (Å²) in [4.78, 5) is 31.9. The van der Waals surface area contributed by atoms with Gasteiger partial charge in [-0.2, -0.15) is 5.10 Å². The Morgan fingerprint density at radius 2 is 2.09 bits per heavy atom. The van der Waals surface area contributed by atoms with Crippen LogP contribution in [0.3, 0.4) is 0 Å². The van der Waals surface area contributed by atoms with Gasteiger partial charge in [-0.3, -0.25) is 14.7 Å². The molecule has 1 saturated heterocycles. The van der Waals surface area contributed by atoms with Gasteiger partial charge < -0.3 is 26.7 Å². The highest BCUT2D eigenvalue weighted by Gasteiger charge is 2.35. The van der Waals surface area contributed by atoms with E-state index in [9.17, 15) is 9.59 Å². The minimum absolute atomic E-state index is 0.267. The Bertz CT molecular complexity index is 1220. The van der Waals surface area contributed by atoms with Crippen LogP contribution in [-0.4, -0.2) is 56.2 Å². The van der Waals surface area contributed by atoms with E-state index in [0.29, 0.717) is 28.8 Å². The highest BCUT2D eigenvalue weighted by molar-refractivity contribution is 6.40. The summed E-state index contributed by atoms with van der Waals surface area (Å²) in [6, 6.07) is -0.00726. The second-order valence-corrected chi connectivity index (χ2v) is 9.14. The van der Waals surface area contributed by atoms with Crippen LogP contribution in [0.1, 0.15) is 33.6 Å². The zero-order valence-corrected chi connectivity index (χ0v) is 19.6. The molecule has 10 nitrogen and oxygen atoms in total. The number of nitrogens with zero attached hydrogens (tertiary/aromatic N) is 3. The summed E-state index contributed by atoms with van der Waals surface area (Å²) < 4.78 is 0. The molecule has 10 heteroatoms. The number of H-pyrrole nitrogens is 1. The highest BCUT2D eigenvalue weighted by Crippen LogP contribution is 2.30. The van der Waals surface area contributed by atoms with E-state index in [0.717, 1.165) is 24.0 Å². The predicted molar refractivity (Wildman–Crippen MR) is 132 cm³/mol. The molecule has 1 aliphatic heterocycles. The SMILES string of the molecule is CC(C)N/C=C1/C=CC([C@@H]2CC[C@@H](C)CN2C(=O)C(=O)Nc2cnc(N)c3cn[nH]c23)=CC1=N. The van der Waals surface area contributed by atoms with Crippen LogP contribution in [0.15, 0.2) is 48.0 Å². The molecule has 0 spiro atoms. The molecule has 1 aliphatic carbocycles. The quantitative estimate of drug-likeness (QED) is 0.440. The van der Waals surface area contributed by atoms with Crippen LogP contribution in [0.5, 0.6) is 0 Å². The Morgan fingerprint density at radius 3 is 2.82 bits per heavy atom. The van der Waals surface area contributed by atoms with E-state index < -0.39 is 11.8 Å². The number of carbonyl (C=O) groups excluding carboxylic acids is 2. The number of fused-ring (bicyclic) bond motifs is 1. The normalized spacial score (nSPS) is 21.8. The van der Waals surface area contributed by atoms with Crippen LogP contribution in [-0.2, 0) is 9.59 Å². The zero-order chi connectivity index (χ0) is 24.4. The van der Waals surface area contributed by atoms with Gasteiger partial charge in [0.25, 0.3) is 0 Å². The molecule has 0 aromatic carbocycles. The summed E-state index contributed by atoms with van der Waals surface area (Å²) in [5, 5.41) is 21.6. The van der Waals surface area contributed by atoms with Crippen LogP contribution in [0.4, 0.5) is 11.5 Å². The molecule has 2 amide bonds. The largest absolute Gasteiger partial charge is 0.388 e. The number of hydrogen-bond acceptors (Lipinski definition) is 7. The smallest absolute Gasteiger partial charge is 0.314 e. The molecule has 3 heterocycles.